The number of carboxylic acids is 1. The molecule has 1 heterocycles. The van der Waals surface area contributed by atoms with Gasteiger partial charge in [0.2, 0.25) is 5.91 Å². The average molecular weight is 287 g/mol. The summed E-state index contributed by atoms with van der Waals surface area (Å²) in [7, 11) is 0. The van der Waals surface area contributed by atoms with Gasteiger partial charge in [0.05, 0.1) is 5.92 Å². The van der Waals surface area contributed by atoms with Gasteiger partial charge in [-0.05, 0) is 43.2 Å². The van der Waals surface area contributed by atoms with Gasteiger partial charge in [0.15, 0.2) is 0 Å². The van der Waals surface area contributed by atoms with Crippen LogP contribution in [0.5, 0.6) is 0 Å². The zero-order valence-corrected chi connectivity index (χ0v) is 12.1. The number of carboxylic acid groups (broad SMARTS) is 1. The quantitative estimate of drug-likeness (QED) is 0.909. The first-order valence-electron chi connectivity index (χ1n) is 7.73. The molecule has 21 heavy (non-hydrogen) atoms. The average Bonchev–Trinajstić information content (AvgIpc) is 2.54. The monoisotopic (exact) mass is 287 g/mol. The fraction of sp³-hybridized carbons (Fsp3) is 0.529. The number of rotatable bonds is 2. The Kier molecular flexibility index (Phi) is 3.95. The van der Waals surface area contributed by atoms with E-state index in [1.54, 1.807) is 0 Å². The molecule has 2 aliphatic rings. The molecule has 1 aliphatic carbocycles. The third-order valence-corrected chi connectivity index (χ3v) is 4.87. The summed E-state index contributed by atoms with van der Waals surface area (Å²) in [5.74, 6) is -0.733. The van der Waals surface area contributed by atoms with Crippen LogP contribution >= 0.6 is 0 Å². The number of amides is 1. The van der Waals surface area contributed by atoms with Crippen molar-refractivity contribution in [2.75, 3.05) is 6.54 Å². The van der Waals surface area contributed by atoms with E-state index in [9.17, 15) is 9.59 Å². The number of carbonyl (C=O) groups is 2. The van der Waals surface area contributed by atoms with Gasteiger partial charge in [-0.3, -0.25) is 9.59 Å². The number of hydrogen-bond donors (Lipinski definition) is 1. The van der Waals surface area contributed by atoms with Gasteiger partial charge >= 0.3 is 5.97 Å². The number of nitrogens with zero attached hydrogens (tertiary/aromatic N) is 1. The van der Waals surface area contributed by atoms with Crippen LogP contribution in [0.1, 0.15) is 36.8 Å². The largest absolute Gasteiger partial charge is 0.481 e. The van der Waals surface area contributed by atoms with E-state index in [-0.39, 0.29) is 17.7 Å². The second-order valence-corrected chi connectivity index (χ2v) is 6.17. The van der Waals surface area contributed by atoms with Crippen molar-refractivity contribution in [2.24, 2.45) is 11.8 Å². The fourth-order valence-corrected chi connectivity index (χ4v) is 3.53. The molecule has 0 spiro atoms. The molecule has 0 unspecified atom stereocenters. The molecule has 0 bridgehead atoms. The van der Waals surface area contributed by atoms with Crippen LogP contribution < -0.4 is 0 Å². The molecule has 4 heteroatoms. The predicted octanol–water partition coefficient (Wildman–Crippen LogP) is 2.46. The zero-order chi connectivity index (χ0) is 14.8. The molecule has 3 rings (SSSR count). The van der Waals surface area contributed by atoms with E-state index in [1.165, 1.54) is 11.1 Å². The summed E-state index contributed by atoms with van der Waals surface area (Å²) in [4.78, 5) is 25.5. The van der Waals surface area contributed by atoms with Crippen LogP contribution in [-0.2, 0) is 22.6 Å². The van der Waals surface area contributed by atoms with E-state index in [0.29, 0.717) is 32.2 Å². The SMILES string of the molecule is O=C(O)C1CCC(C(=O)N2CCc3ccccc3C2)CC1. The molecule has 1 amide bonds. The lowest BCUT2D eigenvalue weighted by molar-refractivity contribution is -0.146. The number of benzene rings is 1. The minimum absolute atomic E-state index is 0.0193. The molecular weight excluding hydrogens is 266 g/mol. The lowest BCUT2D eigenvalue weighted by Crippen LogP contribution is -2.41. The Hall–Kier alpha value is -1.84. The Morgan fingerprint density at radius 3 is 2.29 bits per heavy atom. The van der Waals surface area contributed by atoms with E-state index in [1.807, 2.05) is 17.0 Å². The second kappa shape index (κ2) is 5.88. The highest BCUT2D eigenvalue weighted by atomic mass is 16.4. The Morgan fingerprint density at radius 1 is 1.00 bits per heavy atom. The molecule has 0 saturated heterocycles. The number of carbonyl (C=O) groups excluding carboxylic acids is 1. The smallest absolute Gasteiger partial charge is 0.306 e. The molecule has 1 saturated carbocycles. The van der Waals surface area contributed by atoms with Crippen LogP contribution in [-0.4, -0.2) is 28.4 Å². The van der Waals surface area contributed by atoms with Crippen molar-refractivity contribution in [3.05, 3.63) is 35.4 Å². The summed E-state index contributed by atoms with van der Waals surface area (Å²) in [6.45, 7) is 1.49. The van der Waals surface area contributed by atoms with E-state index in [4.69, 9.17) is 5.11 Å². The highest BCUT2D eigenvalue weighted by Gasteiger charge is 2.32. The normalized spacial score (nSPS) is 25.2. The van der Waals surface area contributed by atoms with E-state index in [0.717, 1.165) is 13.0 Å². The molecule has 0 radical (unpaired) electrons. The van der Waals surface area contributed by atoms with Gasteiger partial charge in [-0.25, -0.2) is 0 Å². The molecule has 112 valence electrons. The lowest BCUT2D eigenvalue weighted by Gasteiger charge is -2.34. The molecule has 1 aromatic rings. The molecule has 0 aromatic heterocycles. The topological polar surface area (TPSA) is 57.6 Å². The summed E-state index contributed by atoms with van der Waals surface area (Å²) in [6, 6.07) is 8.29. The molecular formula is C17H21NO3. The maximum Gasteiger partial charge on any atom is 0.306 e. The number of aliphatic carboxylic acids is 1. The summed E-state index contributed by atoms with van der Waals surface area (Å²) in [6.07, 6.45) is 3.63. The summed E-state index contributed by atoms with van der Waals surface area (Å²) in [5.41, 5.74) is 2.59. The first-order valence-corrected chi connectivity index (χ1v) is 7.73. The van der Waals surface area contributed by atoms with E-state index >= 15 is 0 Å². The fourth-order valence-electron chi connectivity index (χ4n) is 3.53. The van der Waals surface area contributed by atoms with Gasteiger partial charge in [0, 0.05) is 19.0 Å². The number of fused-ring (bicyclic) bond motifs is 1. The van der Waals surface area contributed by atoms with Crippen molar-refractivity contribution in [2.45, 2.75) is 38.6 Å². The van der Waals surface area contributed by atoms with Crippen LogP contribution in [0.3, 0.4) is 0 Å². The maximum atomic E-state index is 12.6. The first-order chi connectivity index (χ1) is 10.1. The summed E-state index contributed by atoms with van der Waals surface area (Å²) < 4.78 is 0. The number of hydrogen-bond acceptors (Lipinski definition) is 2. The van der Waals surface area contributed by atoms with E-state index in [2.05, 4.69) is 12.1 Å². The molecule has 4 nitrogen and oxygen atoms in total. The Balaban J connectivity index is 1.61. The van der Waals surface area contributed by atoms with Gasteiger partial charge in [-0.1, -0.05) is 24.3 Å². The van der Waals surface area contributed by atoms with Crippen LogP contribution in [0.15, 0.2) is 24.3 Å². The Labute approximate surface area is 124 Å². The standard InChI is InChI=1S/C17H21NO3/c19-16(13-5-7-14(8-6-13)17(20)21)18-10-9-12-3-1-2-4-15(12)11-18/h1-4,13-14H,5-11H2,(H,20,21). The third kappa shape index (κ3) is 2.94. The first kappa shape index (κ1) is 14.1. The van der Waals surface area contributed by atoms with Gasteiger partial charge in [-0.2, -0.15) is 0 Å². The van der Waals surface area contributed by atoms with Crippen molar-refractivity contribution in [3.63, 3.8) is 0 Å². The van der Waals surface area contributed by atoms with Crippen LogP contribution in [0.2, 0.25) is 0 Å². The second-order valence-electron chi connectivity index (χ2n) is 6.17. The molecule has 1 fully saturated rings. The zero-order valence-electron chi connectivity index (χ0n) is 12.1. The van der Waals surface area contributed by atoms with Crippen molar-refractivity contribution in [3.8, 4) is 0 Å². The van der Waals surface area contributed by atoms with Gasteiger partial charge < -0.3 is 10.0 Å². The summed E-state index contributed by atoms with van der Waals surface area (Å²) >= 11 is 0. The summed E-state index contributed by atoms with van der Waals surface area (Å²) in [5, 5.41) is 9.03. The van der Waals surface area contributed by atoms with Gasteiger partial charge in [0.25, 0.3) is 0 Å². The van der Waals surface area contributed by atoms with E-state index < -0.39 is 5.97 Å². The molecule has 1 N–H and O–H groups in total. The van der Waals surface area contributed by atoms with Gasteiger partial charge in [0.1, 0.15) is 0 Å². The molecule has 1 aliphatic heterocycles. The van der Waals surface area contributed by atoms with Crippen LogP contribution in [0.25, 0.3) is 0 Å². The van der Waals surface area contributed by atoms with Crippen molar-refractivity contribution in [1.82, 2.24) is 4.90 Å². The van der Waals surface area contributed by atoms with Crippen LogP contribution in [0.4, 0.5) is 0 Å². The molecule has 1 aromatic carbocycles. The molecule has 0 atom stereocenters. The Bertz CT molecular complexity index is 547. The minimum Gasteiger partial charge on any atom is -0.481 e. The highest BCUT2D eigenvalue weighted by Crippen LogP contribution is 2.31. The van der Waals surface area contributed by atoms with Crippen molar-refractivity contribution in [1.29, 1.82) is 0 Å². The maximum absolute atomic E-state index is 12.6. The van der Waals surface area contributed by atoms with Gasteiger partial charge in [-0.15, -0.1) is 0 Å². The third-order valence-electron chi connectivity index (χ3n) is 4.87. The van der Waals surface area contributed by atoms with Crippen molar-refractivity contribution < 1.29 is 14.7 Å². The lowest BCUT2D eigenvalue weighted by atomic mass is 9.81. The minimum atomic E-state index is -0.715. The van der Waals surface area contributed by atoms with Crippen LogP contribution in [0, 0.1) is 11.8 Å². The predicted molar refractivity (Wildman–Crippen MR) is 78.6 cm³/mol. The highest BCUT2D eigenvalue weighted by molar-refractivity contribution is 5.79. The van der Waals surface area contributed by atoms with Crippen molar-refractivity contribution >= 4 is 11.9 Å². The Morgan fingerprint density at radius 2 is 1.62 bits per heavy atom.